The van der Waals surface area contributed by atoms with Crippen LogP contribution >= 0.6 is 17.0 Å². The standard InChI is InChI=1S/2C9H7.C2H5.C2H4.2ClH.Zr/c2*1-2-5-9-7-3-6-8(9)4-1;2*1-2;;;/h2*1-7H;1H2,2H3;1H,2H3;2*1H;/q;;;;;;+2/p-2. The summed E-state index contributed by atoms with van der Waals surface area (Å²) in [5.74, 6) is 0. The fourth-order valence-electron chi connectivity index (χ4n) is 5.01. The van der Waals surface area contributed by atoms with Crippen molar-refractivity contribution in [2.45, 2.75) is 25.2 Å². The Morgan fingerprint density at radius 1 is 0.840 bits per heavy atom. The van der Waals surface area contributed by atoms with Crippen LogP contribution in [0, 0.1) is 0 Å². The van der Waals surface area contributed by atoms with Crippen LogP contribution in [-0.4, -0.2) is 3.71 Å². The molecule has 129 valence electrons. The Balaban J connectivity index is 2.04. The molecule has 0 amide bonds. The van der Waals surface area contributed by atoms with Crippen LogP contribution in [0.4, 0.5) is 0 Å². The number of rotatable bonds is 3. The minimum absolute atomic E-state index is 0.0801. The Bertz CT molecular complexity index is 950. The molecular weight excluding hydrogens is 426 g/mol. The molecule has 0 nitrogen and oxygen atoms in total. The fraction of sp³-hybridized carbons (Fsp3) is 0.227. The molecule has 0 saturated heterocycles. The summed E-state index contributed by atoms with van der Waals surface area (Å²) in [4.78, 5) is 0. The molecule has 2 aliphatic rings. The van der Waals surface area contributed by atoms with Gasteiger partial charge in [-0.2, -0.15) is 0 Å². The Labute approximate surface area is 154 Å². The SMILES string of the molecule is C[CH]=[Zr]([Cl])([Cl])([CH2]C)([CH]1C=Cc2ccccc21)[CH]1C=Cc2ccccc21. The first-order valence-electron chi connectivity index (χ1n) is 9.02. The molecule has 0 heterocycles. The summed E-state index contributed by atoms with van der Waals surface area (Å²) >= 11 is -4.97. The van der Waals surface area contributed by atoms with Crippen molar-refractivity contribution in [3.63, 3.8) is 0 Å². The van der Waals surface area contributed by atoms with Crippen LogP contribution in [0.2, 0.25) is 4.13 Å². The van der Waals surface area contributed by atoms with Gasteiger partial charge in [-0.05, 0) is 0 Å². The van der Waals surface area contributed by atoms with Crippen LogP contribution in [0.3, 0.4) is 0 Å². The molecule has 2 atom stereocenters. The van der Waals surface area contributed by atoms with Crippen LogP contribution in [-0.2, 0) is 14.4 Å². The maximum absolute atomic E-state index is 7.90. The average Bonchev–Trinajstić information content (AvgIpc) is 3.28. The molecular formula is C22H23Cl2Zr. The van der Waals surface area contributed by atoms with Crippen LogP contribution in [0.25, 0.3) is 12.2 Å². The first-order chi connectivity index (χ1) is 11.9. The molecule has 25 heavy (non-hydrogen) atoms. The Morgan fingerprint density at radius 3 is 1.68 bits per heavy atom. The van der Waals surface area contributed by atoms with Crippen molar-refractivity contribution >= 4 is 32.9 Å². The Hall–Kier alpha value is -0.747. The summed E-state index contributed by atoms with van der Waals surface area (Å²) < 4.78 is 3.19. The van der Waals surface area contributed by atoms with E-state index in [9.17, 15) is 0 Å². The summed E-state index contributed by atoms with van der Waals surface area (Å²) in [6.07, 6.45) is 8.92. The van der Waals surface area contributed by atoms with Crippen molar-refractivity contribution in [3.8, 4) is 0 Å². The van der Waals surface area contributed by atoms with E-state index >= 15 is 0 Å². The third kappa shape index (κ3) is 2.19. The normalized spacial score (nSPS) is 23.7. The third-order valence-corrected chi connectivity index (χ3v) is 36.7. The van der Waals surface area contributed by atoms with Crippen LogP contribution in [0.5, 0.6) is 0 Å². The van der Waals surface area contributed by atoms with Crippen molar-refractivity contribution in [1.29, 1.82) is 0 Å². The van der Waals surface area contributed by atoms with Crippen molar-refractivity contribution in [3.05, 3.63) is 82.9 Å². The zero-order chi connectivity index (χ0) is 17.8. The molecule has 0 aromatic heterocycles. The summed E-state index contributed by atoms with van der Waals surface area (Å²) in [6, 6.07) is 17.1. The van der Waals surface area contributed by atoms with Gasteiger partial charge in [0.15, 0.2) is 0 Å². The monoisotopic (exact) mass is 447 g/mol. The maximum atomic E-state index is 7.90. The van der Waals surface area contributed by atoms with Gasteiger partial charge >= 0.3 is 155 Å². The fourth-order valence-corrected chi connectivity index (χ4v) is 23.6. The van der Waals surface area contributed by atoms with Crippen molar-refractivity contribution < 1.29 is 14.4 Å². The number of fused-ring (bicyclic) bond motifs is 2. The number of hydrogen-bond donors (Lipinski definition) is 0. The molecule has 0 spiro atoms. The van der Waals surface area contributed by atoms with Gasteiger partial charge in [-0.1, -0.05) is 0 Å². The van der Waals surface area contributed by atoms with E-state index in [0.717, 1.165) is 4.13 Å². The van der Waals surface area contributed by atoms with E-state index in [1.165, 1.54) is 22.3 Å². The Morgan fingerprint density at radius 2 is 1.28 bits per heavy atom. The van der Waals surface area contributed by atoms with Crippen LogP contribution in [0.15, 0.2) is 60.7 Å². The first kappa shape index (κ1) is 17.7. The summed E-state index contributed by atoms with van der Waals surface area (Å²) in [7, 11) is 15.8. The average molecular weight is 450 g/mol. The molecule has 4 rings (SSSR count). The summed E-state index contributed by atoms with van der Waals surface area (Å²) in [5.41, 5.74) is 5.05. The number of benzene rings is 2. The number of hydrogen-bond acceptors (Lipinski definition) is 0. The molecule has 0 fully saturated rings. The molecule has 3 heteroatoms. The predicted octanol–water partition coefficient (Wildman–Crippen LogP) is 7.32. The van der Waals surface area contributed by atoms with E-state index in [0.29, 0.717) is 0 Å². The molecule has 2 aliphatic carbocycles. The van der Waals surface area contributed by atoms with Crippen molar-refractivity contribution in [2.24, 2.45) is 0 Å². The second-order valence-electron chi connectivity index (χ2n) is 7.68. The summed E-state index contributed by atoms with van der Waals surface area (Å²) in [5, 5.41) is 0. The third-order valence-electron chi connectivity index (χ3n) is 6.86. The van der Waals surface area contributed by atoms with Gasteiger partial charge in [0.1, 0.15) is 0 Å². The predicted molar refractivity (Wildman–Crippen MR) is 110 cm³/mol. The first-order valence-corrected chi connectivity index (χ1v) is 21.4. The van der Waals surface area contributed by atoms with Gasteiger partial charge in [-0.3, -0.25) is 0 Å². The van der Waals surface area contributed by atoms with Gasteiger partial charge in [0.2, 0.25) is 0 Å². The second kappa shape index (κ2) is 5.38. The van der Waals surface area contributed by atoms with Crippen molar-refractivity contribution in [1.82, 2.24) is 0 Å². The number of halogens is 2. The molecule has 2 aromatic carbocycles. The minimum atomic E-state index is -4.97. The van der Waals surface area contributed by atoms with Crippen molar-refractivity contribution in [2.75, 3.05) is 0 Å². The van der Waals surface area contributed by atoms with Gasteiger partial charge in [-0.15, -0.1) is 0 Å². The van der Waals surface area contributed by atoms with E-state index in [4.69, 9.17) is 17.0 Å². The molecule has 0 N–H and O–H groups in total. The van der Waals surface area contributed by atoms with E-state index in [1.54, 1.807) is 0 Å². The topological polar surface area (TPSA) is 0 Å². The zero-order valence-corrected chi connectivity index (χ0v) is 18.6. The van der Waals surface area contributed by atoms with Crippen LogP contribution < -0.4 is 0 Å². The molecule has 0 radical (unpaired) electrons. The van der Waals surface area contributed by atoms with Gasteiger partial charge in [-0.25, -0.2) is 0 Å². The Kier molecular flexibility index (Phi) is 3.80. The van der Waals surface area contributed by atoms with E-state index < -0.39 is 14.4 Å². The summed E-state index contributed by atoms with van der Waals surface area (Å²) in [6.45, 7) is 4.27. The van der Waals surface area contributed by atoms with Gasteiger partial charge in [0, 0.05) is 0 Å². The quantitative estimate of drug-likeness (QED) is 0.461. The van der Waals surface area contributed by atoms with E-state index in [2.05, 4.69) is 90.4 Å². The van der Waals surface area contributed by atoms with Gasteiger partial charge in [0.05, 0.1) is 0 Å². The molecule has 0 bridgehead atoms. The van der Waals surface area contributed by atoms with Crippen LogP contribution in [0.1, 0.15) is 43.4 Å². The molecule has 0 saturated carbocycles. The molecule has 2 aromatic rings. The van der Waals surface area contributed by atoms with Gasteiger partial charge < -0.3 is 0 Å². The zero-order valence-electron chi connectivity index (χ0n) is 14.6. The molecule has 0 aliphatic heterocycles. The second-order valence-corrected chi connectivity index (χ2v) is 38.5. The van der Waals surface area contributed by atoms with E-state index in [1.807, 2.05) is 0 Å². The number of allylic oxidation sites excluding steroid dienone is 2. The van der Waals surface area contributed by atoms with Gasteiger partial charge in [0.25, 0.3) is 0 Å². The van der Waals surface area contributed by atoms with E-state index in [-0.39, 0.29) is 7.25 Å². The molecule has 2 unspecified atom stereocenters.